The molecule has 160 valence electrons. The van der Waals surface area contributed by atoms with Crippen LogP contribution in [0.1, 0.15) is 41.6 Å². The Labute approximate surface area is 181 Å². The van der Waals surface area contributed by atoms with Crippen LogP contribution in [0.25, 0.3) is 0 Å². The first-order chi connectivity index (χ1) is 14.5. The Morgan fingerprint density at radius 1 is 1.10 bits per heavy atom. The monoisotopic (exact) mass is 432 g/mol. The second-order valence-corrected chi connectivity index (χ2v) is 7.74. The van der Waals surface area contributed by atoms with Crippen LogP contribution in [0.5, 0.6) is 5.75 Å². The van der Waals surface area contributed by atoms with E-state index in [0.717, 1.165) is 25.7 Å². The maximum atomic E-state index is 13.9. The molecule has 2 aromatic carbocycles. The largest absolute Gasteiger partial charge is 0.493 e. The van der Waals surface area contributed by atoms with Gasteiger partial charge in [-0.15, -0.1) is 0 Å². The molecule has 30 heavy (non-hydrogen) atoms. The summed E-state index contributed by atoms with van der Waals surface area (Å²) in [5, 5.41) is 3.36. The van der Waals surface area contributed by atoms with E-state index in [0.29, 0.717) is 48.1 Å². The lowest BCUT2D eigenvalue weighted by atomic mass is 10.1. The molecule has 7 heteroatoms. The van der Waals surface area contributed by atoms with E-state index in [1.165, 1.54) is 6.07 Å². The molecule has 0 bridgehead atoms. The summed E-state index contributed by atoms with van der Waals surface area (Å²) in [6.07, 6.45) is 3.02. The predicted molar refractivity (Wildman–Crippen MR) is 114 cm³/mol. The van der Waals surface area contributed by atoms with E-state index in [-0.39, 0.29) is 24.1 Å². The minimum Gasteiger partial charge on any atom is -0.493 e. The number of nitrogens with zero attached hydrogens (tertiary/aromatic N) is 1. The zero-order chi connectivity index (χ0) is 21.3. The lowest BCUT2D eigenvalue weighted by molar-refractivity contribution is -0.130. The Morgan fingerprint density at radius 2 is 1.87 bits per heavy atom. The van der Waals surface area contributed by atoms with Gasteiger partial charge in [0.15, 0.2) is 0 Å². The van der Waals surface area contributed by atoms with Crippen LogP contribution in [0, 0.1) is 5.82 Å². The summed E-state index contributed by atoms with van der Waals surface area (Å²) >= 11 is 6.03. The molecule has 0 spiro atoms. The van der Waals surface area contributed by atoms with Crippen molar-refractivity contribution in [2.45, 2.75) is 32.1 Å². The van der Waals surface area contributed by atoms with Gasteiger partial charge < -0.3 is 15.0 Å². The standard InChI is InChI=1S/C23H26ClFN2O3/c24-18-9-10-21-19(16-18)23(29)26-11-3-4-12-27(13-5-6-14-30-21)22(28)15-17-7-1-2-8-20(17)25/h1-2,7-10,16H,3-6,11-15H2,(H,26,29). The molecule has 5 nitrogen and oxygen atoms in total. The van der Waals surface area contributed by atoms with Crippen LogP contribution < -0.4 is 10.1 Å². The summed E-state index contributed by atoms with van der Waals surface area (Å²) in [6.45, 7) is 2.08. The van der Waals surface area contributed by atoms with Crippen LogP contribution >= 0.6 is 11.6 Å². The molecule has 1 aliphatic heterocycles. The minimum absolute atomic E-state index is 0.0496. The van der Waals surface area contributed by atoms with Crippen molar-refractivity contribution >= 4 is 23.4 Å². The first-order valence-corrected chi connectivity index (χ1v) is 10.6. The first kappa shape index (κ1) is 22.1. The number of halogens is 2. The molecular formula is C23H26ClFN2O3. The van der Waals surface area contributed by atoms with E-state index in [2.05, 4.69) is 5.32 Å². The highest BCUT2D eigenvalue weighted by Crippen LogP contribution is 2.23. The molecule has 0 saturated heterocycles. The van der Waals surface area contributed by atoms with Gasteiger partial charge in [-0.05, 0) is 55.5 Å². The quantitative estimate of drug-likeness (QED) is 0.772. The number of fused-ring (bicyclic) bond motifs is 1. The van der Waals surface area contributed by atoms with Crippen molar-refractivity contribution in [2.75, 3.05) is 26.2 Å². The second kappa shape index (κ2) is 11.0. The van der Waals surface area contributed by atoms with Crippen LogP contribution in [0.3, 0.4) is 0 Å². The van der Waals surface area contributed by atoms with Gasteiger partial charge in [0.2, 0.25) is 5.91 Å². The van der Waals surface area contributed by atoms with Crippen LogP contribution in [0.2, 0.25) is 5.02 Å². The number of hydrogen-bond donors (Lipinski definition) is 1. The van der Waals surface area contributed by atoms with Gasteiger partial charge in [-0.1, -0.05) is 29.8 Å². The summed E-state index contributed by atoms with van der Waals surface area (Å²) < 4.78 is 19.7. The third kappa shape index (κ3) is 6.20. The van der Waals surface area contributed by atoms with Crippen molar-refractivity contribution in [1.29, 1.82) is 0 Å². The smallest absolute Gasteiger partial charge is 0.255 e. The van der Waals surface area contributed by atoms with Gasteiger partial charge in [0.05, 0.1) is 18.6 Å². The molecule has 0 aromatic heterocycles. The molecule has 1 N–H and O–H groups in total. The highest BCUT2D eigenvalue weighted by molar-refractivity contribution is 6.31. The minimum atomic E-state index is -0.358. The number of carbonyl (C=O) groups is 2. The number of hydrogen-bond acceptors (Lipinski definition) is 3. The van der Waals surface area contributed by atoms with Crippen molar-refractivity contribution in [3.05, 3.63) is 64.4 Å². The number of carbonyl (C=O) groups excluding carboxylic acids is 2. The maximum absolute atomic E-state index is 13.9. The molecule has 2 amide bonds. The number of nitrogens with one attached hydrogen (secondary N) is 1. The Balaban J connectivity index is 1.63. The lowest BCUT2D eigenvalue weighted by Gasteiger charge is -2.23. The van der Waals surface area contributed by atoms with E-state index >= 15 is 0 Å². The third-order valence-corrected chi connectivity index (χ3v) is 5.29. The third-order valence-electron chi connectivity index (χ3n) is 5.06. The molecule has 0 unspecified atom stereocenters. The maximum Gasteiger partial charge on any atom is 0.255 e. The average Bonchev–Trinajstić information content (AvgIpc) is 2.73. The van der Waals surface area contributed by atoms with E-state index in [9.17, 15) is 14.0 Å². The van der Waals surface area contributed by atoms with Gasteiger partial charge in [-0.25, -0.2) is 4.39 Å². The molecule has 0 fully saturated rings. The fourth-order valence-electron chi connectivity index (χ4n) is 3.39. The summed E-state index contributed by atoms with van der Waals surface area (Å²) in [6, 6.07) is 11.4. The Bertz CT molecular complexity index is 891. The molecular weight excluding hydrogens is 407 g/mol. The van der Waals surface area contributed by atoms with Crippen molar-refractivity contribution in [1.82, 2.24) is 10.2 Å². The van der Waals surface area contributed by atoms with Crippen LogP contribution in [-0.2, 0) is 11.2 Å². The van der Waals surface area contributed by atoms with Crippen molar-refractivity contribution < 1.29 is 18.7 Å². The van der Waals surface area contributed by atoms with Crippen molar-refractivity contribution in [3.8, 4) is 5.75 Å². The first-order valence-electron chi connectivity index (χ1n) is 10.3. The van der Waals surface area contributed by atoms with Crippen molar-refractivity contribution in [3.63, 3.8) is 0 Å². The molecule has 2 aromatic rings. The van der Waals surface area contributed by atoms with Crippen LogP contribution in [0.4, 0.5) is 4.39 Å². The van der Waals surface area contributed by atoms with Crippen LogP contribution in [-0.4, -0.2) is 43.0 Å². The molecule has 1 heterocycles. The molecule has 0 aliphatic carbocycles. The average molecular weight is 433 g/mol. The number of benzene rings is 2. The van der Waals surface area contributed by atoms with Gasteiger partial charge in [-0.2, -0.15) is 0 Å². The Kier molecular flexibility index (Phi) is 8.08. The van der Waals surface area contributed by atoms with Crippen molar-refractivity contribution in [2.24, 2.45) is 0 Å². The summed E-state index contributed by atoms with van der Waals surface area (Å²) in [5.74, 6) is -0.168. The summed E-state index contributed by atoms with van der Waals surface area (Å²) in [4.78, 5) is 27.0. The topological polar surface area (TPSA) is 58.6 Å². The number of amides is 2. The number of rotatable bonds is 2. The summed E-state index contributed by atoms with van der Waals surface area (Å²) in [7, 11) is 0. The van der Waals surface area contributed by atoms with E-state index in [1.54, 1.807) is 41.3 Å². The number of ether oxygens (including phenoxy) is 1. The molecule has 0 atom stereocenters. The second-order valence-electron chi connectivity index (χ2n) is 7.31. The molecule has 1 aliphatic rings. The Hall–Kier alpha value is -2.60. The van der Waals surface area contributed by atoms with Crippen LogP contribution in [0.15, 0.2) is 42.5 Å². The highest BCUT2D eigenvalue weighted by Gasteiger charge is 2.17. The highest BCUT2D eigenvalue weighted by atomic mass is 35.5. The lowest BCUT2D eigenvalue weighted by Crippen LogP contribution is -2.35. The van der Waals surface area contributed by atoms with Gasteiger partial charge in [0.25, 0.3) is 5.91 Å². The normalized spacial score (nSPS) is 16.1. The van der Waals surface area contributed by atoms with E-state index in [4.69, 9.17) is 16.3 Å². The molecule has 0 saturated carbocycles. The zero-order valence-electron chi connectivity index (χ0n) is 16.8. The fraction of sp³-hybridized carbons (Fsp3) is 0.391. The molecule has 0 radical (unpaired) electrons. The van der Waals surface area contributed by atoms with Gasteiger partial charge >= 0.3 is 0 Å². The Morgan fingerprint density at radius 3 is 2.67 bits per heavy atom. The van der Waals surface area contributed by atoms with Gasteiger partial charge in [0, 0.05) is 24.7 Å². The predicted octanol–water partition coefficient (Wildman–Crippen LogP) is 4.23. The van der Waals surface area contributed by atoms with E-state index in [1.807, 2.05) is 0 Å². The van der Waals surface area contributed by atoms with Gasteiger partial charge in [-0.3, -0.25) is 9.59 Å². The molecule has 3 rings (SSSR count). The SMILES string of the molecule is O=C1NCCCCN(C(=O)Cc2ccccc2F)CCCCOc2ccc(Cl)cc21. The summed E-state index contributed by atoms with van der Waals surface area (Å²) in [5.41, 5.74) is 0.842. The fourth-order valence-corrected chi connectivity index (χ4v) is 3.57. The van der Waals surface area contributed by atoms with E-state index < -0.39 is 0 Å². The van der Waals surface area contributed by atoms with Gasteiger partial charge in [0.1, 0.15) is 11.6 Å². The zero-order valence-corrected chi connectivity index (χ0v) is 17.6.